The fraction of sp³-hybridized carbons (Fsp3) is 0.353. The summed E-state index contributed by atoms with van der Waals surface area (Å²) in [7, 11) is 1.72. The van der Waals surface area contributed by atoms with Crippen LogP contribution in [0.2, 0.25) is 0 Å². The number of methoxy groups -OCH3 is 1. The summed E-state index contributed by atoms with van der Waals surface area (Å²) in [6.45, 7) is 4.96. The van der Waals surface area contributed by atoms with Crippen LogP contribution in [-0.4, -0.2) is 19.6 Å². The predicted molar refractivity (Wildman–Crippen MR) is 109 cm³/mol. The van der Waals surface area contributed by atoms with Gasteiger partial charge in [-0.2, -0.15) is 11.3 Å². The summed E-state index contributed by atoms with van der Waals surface area (Å²) in [4.78, 5) is 4.62. The van der Waals surface area contributed by atoms with Gasteiger partial charge in [0.15, 0.2) is 5.96 Å². The van der Waals surface area contributed by atoms with E-state index in [1.807, 2.05) is 12.1 Å². The van der Waals surface area contributed by atoms with Gasteiger partial charge in [-0.1, -0.05) is 24.3 Å². The molecular weight excluding hydrogens is 421 g/mol. The van der Waals surface area contributed by atoms with Crippen molar-refractivity contribution in [2.24, 2.45) is 4.99 Å². The van der Waals surface area contributed by atoms with Crippen molar-refractivity contribution >= 4 is 41.3 Å². The molecule has 0 fully saturated rings. The molecule has 1 heterocycles. The Bertz CT molecular complexity index is 587. The van der Waals surface area contributed by atoms with E-state index in [1.54, 1.807) is 18.4 Å². The van der Waals surface area contributed by atoms with Crippen LogP contribution in [0.15, 0.2) is 46.1 Å². The molecule has 4 nitrogen and oxygen atoms in total. The lowest BCUT2D eigenvalue weighted by molar-refractivity contribution is 0.184. The molecule has 0 aliphatic rings. The van der Waals surface area contributed by atoms with Crippen molar-refractivity contribution in [3.63, 3.8) is 0 Å². The summed E-state index contributed by atoms with van der Waals surface area (Å²) >= 11 is 1.70. The van der Waals surface area contributed by atoms with Gasteiger partial charge in [0.25, 0.3) is 0 Å². The lowest BCUT2D eigenvalue weighted by Crippen LogP contribution is -2.37. The van der Waals surface area contributed by atoms with Crippen molar-refractivity contribution in [1.29, 1.82) is 0 Å². The van der Waals surface area contributed by atoms with Crippen molar-refractivity contribution in [3.8, 4) is 0 Å². The fourth-order valence-electron chi connectivity index (χ4n) is 2.10. The molecule has 0 spiro atoms. The molecule has 1 aromatic carbocycles. The SMILES string of the molecule is CCNC(=NCc1ccsc1)NCc1ccccc1COC.I. The summed E-state index contributed by atoms with van der Waals surface area (Å²) in [5.74, 6) is 0.834. The molecule has 0 radical (unpaired) electrons. The molecule has 2 aromatic rings. The Hall–Kier alpha value is -1.12. The maximum atomic E-state index is 5.25. The Morgan fingerprint density at radius 3 is 2.61 bits per heavy atom. The maximum Gasteiger partial charge on any atom is 0.191 e. The Morgan fingerprint density at radius 2 is 1.96 bits per heavy atom. The molecular formula is C17H24IN3OS. The van der Waals surface area contributed by atoms with Gasteiger partial charge >= 0.3 is 0 Å². The second kappa shape index (κ2) is 11.4. The van der Waals surface area contributed by atoms with Crippen LogP contribution >= 0.6 is 35.3 Å². The minimum atomic E-state index is 0. The molecule has 0 saturated heterocycles. The molecule has 2 N–H and O–H groups in total. The molecule has 0 amide bonds. The van der Waals surface area contributed by atoms with Crippen molar-refractivity contribution in [1.82, 2.24) is 10.6 Å². The zero-order valence-electron chi connectivity index (χ0n) is 13.5. The first-order chi connectivity index (χ1) is 10.8. The van der Waals surface area contributed by atoms with Crippen LogP contribution in [0.25, 0.3) is 0 Å². The van der Waals surface area contributed by atoms with Crippen molar-refractivity contribution < 1.29 is 4.74 Å². The summed E-state index contributed by atoms with van der Waals surface area (Å²) in [5, 5.41) is 10.9. The number of halogens is 1. The van der Waals surface area contributed by atoms with Gasteiger partial charge in [-0.15, -0.1) is 24.0 Å². The topological polar surface area (TPSA) is 45.7 Å². The summed E-state index contributed by atoms with van der Waals surface area (Å²) in [5.41, 5.74) is 3.67. The first-order valence-corrected chi connectivity index (χ1v) is 8.36. The van der Waals surface area contributed by atoms with E-state index < -0.39 is 0 Å². The van der Waals surface area contributed by atoms with Crippen LogP contribution in [0.3, 0.4) is 0 Å². The van der Waals surface area contributed by atoms with E-state index in [9.17, 15) is 0 Å². The monoisotopic (exact) mass is 445 g/mol. The highest BCUT2D eigenvalue weighted by Crippen LogP contribution is 2.10. The Balaban J connectivity index is 0.00000264. The number of benzene rings is 1. The molecule has 2 rings (SSSR count). The molecule has 0 atom stereocenters. The first kappa shape index (κ1) is 19.9. The number of guanidine groups is 1. The van der Waals surface area contributed by atoms with Crippen molar-refractivity contribution in [2.45, 2.75) is 26.6 Å². The number of nitrogens with zero attached hydrogens (tertiary/aromatic N) is 1. The van der Waals surface area contributed by atoms with Crippen LogP contribution in [0, 0.1) is 0 Å². The molecule has 6 heteroatoms. The van der Waals surface area contributed by atoms with E-state index in [2.05, 4.69) is 51.5 Å². The second-order valence-corrected chi connectivity index (χ2v) is 5.66. The number of ether oxygens (including phenoxy) is 1. The molecule has 126 valence electrons. The van der Waals surface area contributed by atoms with Gasteiger partial charge in [0.1, 0.15) is 0 Å². The smallest absolute Gasteiger partial charge is 0.191 e. The third kappa shape index (κ3) is 6.88. The van der Waals surface area contributed by atoms with Crippen LogP contribution < -0.4 is 10.6 Å². The van der Waals surface area contributed by atoms with E-state index >= 15 is 0 Å². The number of thiophene rings is 1. The number of hydrogen-bond acceptors (Lipinski definition) is 3. The molecule has 0 aliphatic heterocycles. The van der Waals surface area contributed by atoms with Gasteiger partial charge in [0, 0.05) is 20.2 Å². The molecule has 0 bridgehead atoms. The Kier molecular flexibility index (Phi) is 9.89. The van der Waals surface area contributed by atoms with Gasteiger partial charge < -0.3 is 15.4 Å². The number of rotatable bonds is 7. The normalized spacial score (nSPS) is 11.0. The van der Waals surface area contributed by atoms with E-state index in [0.29, 0.717) is 13.2 Å². The van der Waals surface area contributed by atoms with Crippen molar-refractivity contribution in [2.75, 3.05) is 13.7 Å². The quantitative estimate of drug-likeness (QED) is 0.388. The minimum Gasteiger partial charge on any atom is -0.380 e. The first-order valence-electron chi connectivity index (χ1n) is 7.42. The van der Waals surface area contributed by atoms with Crippen molar-refractivity contribution in [3.05, 3.63) is 57.8 Å². The van der Waals surface area contributed by atoms with E-state index in [-0.39, 0.29) is 24.0 Å². The highest BCUT2D eigenvalue weighted by Gasteiger charge is 2.03. The molecule has 0 aliphatic carbocycles. The molecule has 1 aromatic heterocycles. The van der Waals surface area contributed by atoms with Crippen LogP contribution in [0.1, 0.15) is 23.6 Å². The zero-order valence-corrected chi connectivity index (χ0v) is 16.7. The fourth-order valence-corrected chi connectivity index (χ4v) is 2.76. The van der Waals surface area contributed by atoms with E-state index in [1.165, 1.54) is 16.7 Å². The van der Waals surface area contributed by atoms with Gasteiger partial charge in [-0.25, -0.2) is 4.99 Å². The number of aliphatic imine (C=N–C) groups is 1. The van der Waals surface area contributed by atoms with Gasteiger partial charge in [0.05, 0.1) is 13.2 Å². The highest BCUT2D eigenvalue weighted by molar-refractivity contribution is 14.0. The van der Waals surface area contributed by atoms with Crippen LogP contribution in [-0.2, 0) is 24.4 Å². The third-order valence-corrected chi connectivity index (χ3v) is 3.94. The van der Waals surface area contributed by atoms with Gasteiger partial charge in [0.2, 0.25) is 0 Å². The third-order valence-electron chi connectivity index (χ3n) is 3.21. The van der Waals surface area contributed by atoms with Gasteiger partial charge in [-0.3, -0.25) is 0 Å². The Morgan fingerprint density at radius 1 is 1.17 bits per heavy atom. The van der Waals surface area contributed by atoms with Crippen LogP contribution in [0.4, 0.5) is 0 Å². The maximum absolute atomic E-state index is 5.25. The van der Waals surface area contributed by atoms with E-state index in [0.717, 1.165) is 19.0 Å². The van der Waals surface area contributed by atoms with Crippen LogP contribution in [0.5, 0.6) is 0 Å². The lowest BCUT2D eigenvalue weighted by atomic mass is 10.1. The number of hydrogen-bond donors (Lipinski definition) is 2. The average Bonchev–Trinajstić information content (AvgIpc) is 3.05. The average molecular weight is 445 g/mol. The molecule has 0 saturated carbocycles. The largest absolute Gasteiger partial charge is 0.380 e. The highest BCUT2D eigenvalue weighted by atomic mass is 127. The van der Waals surface area contributed by atoms with Gasteiger partial charge in [-0.05, 0) is 40.4 Å². The summed E-state index contributed by atoms with van der Waals surface area (Å²) in [6.07, 6.45) is 0. The van der Waals surface area contributed by atoms with E-state index in [4.69, 9.17) is 4.74 Å². The second-order valence-electron chi connectivity index (χ2n) is 4.88. The summed E-state index contributed by atoms with van der Waals surface area (Å²) < 4.78 is 5.25. The summed E-state index contributed by atoms with van der Waals surface area (Å²) in [6, 6.07) is 10.4. The Labute approximate surface area is 159 Å². The minimum absolute atomic E-state index is 0. The zero-order chi connectivity index (χ0) is 15.6. The lowest BCUT2D eigenvalue weighted by Gasteiger charge is -2.13. The molecule has 23 heavy (non-hydrogen) atoms. The predicted octanol–water partition coefficient (Wildman–Crippen LogP) is 3.77. The molecule has 0 unspecified atom stereocenters. The number of nitrogens with one attached hydrogen (secondary N) is 2. The standard InChI is InChI=1S/C17H23N3OS.HI/c1-3-18-17(19-10-14-8-9-22-13-14)20-11-15-6-4-5-7-16(15)12-21-2;/h4-9,13H,3,10-12H2,1-2H3,(H2,18,19,20);1H.